The van der Waals surface area contributed by atoms with Crippen molar-refractivity contribution in [2.45, 2.75) is 6.04 Å². The van der Waals surface area contributed by atoms with Crippen molar-refractivity contribution in [3.63, 3.8) is 0 Å². The number of H-pyrrole nitrogens is 1. The van der Waals surface area contributed by atoms with Crippen molar-refractivity contribution in [3.8, 4) is 0 Å². The summed E-state index contributed by atoms with van der Waals surface area (Å²) in [6.45, 7) is 2.45. The first-order valence-corrected chi connectivity index (χ1v) is 5.18. The van der Waals surface area contributed by atoms with Gasteiger partial charge in [0.25, 0.3) is 0 Å². The van der Waals surface area contributed by atoms with E-state index in [9.17, 15) is 0 Å². The van der Waals surface area contributed by atoms with Crippen molar-refractivity contribution in [2.75, 3.05) is 19.8 Å². The highest BCUT2D eigenvalue weighted by atomic mass is 16.5. The van der Waals surface area contributed by atoms with Gasteiger partial charge in [0.2, 0.25) is 0 Å². The van der Waals surface area contributed by atoms with Crippen LogP contribution in [-0.2, 0) is 4.74 Å². The molecule has 0 saturated carbocycles. The third-order valence-corrected chi connectivity index (χ3v) is 2.75. The molecule has 2 aromatic rings. The SMILES string of the molecule is c1cc2cc([C@@H]3COCCN3)cnc2[nH]1. The van der Waals surface area contributed by atoms with Gasteiger partial charge in [-0.05, 0) is 17.7 Å². The van der Waals surface area contributed by atoms with Gasteiger partial charge in [0.05, 0.1) is 19.3 Å². The number of aromatic nitrogens is 2. The lowest BCUT2D eigenvalue weighted by Crippen LogP contribution is -2.34. The number of hydrogen-bond acceptors (Lipinski definition) is 3. The fourth-order valence-electron chi connectivity index (χ4n) is 1.93. The van der Waals surface area contributed by atoms with Crippen LogP contribution in [0.1, 0.15) is 11.6 Å². The lowest BCUT2D eigenvalue weighted by atomic mass is 10.1. The zero-order valence-electron chi connectivity index (χ0n) is 8.36. The van der Waals surface area contributed by atoms with Crippen LogP contribution in [0, 0.1) is 0 Å². The van der Waals surface area contributed by atoms with E-state index >= 15 is 0 Å². The maximum atomic E-state index is 5.43. The number of fused-ring (bicyclic) bond motifs is 1. The molecule has 1 atom stereocenters. The number of hydrogen-bond donors (Lipinski definition) is 2. The summed E-state index contributed by atoms with van der Waals surface area (Å²) in [5, 5.41) is 4.57. The minimum atomic E-state index is 0.283. The molecule has 0 aliphatic carbocycles. The normalized spacial score (nSPS) is 22.0. The van der Waals surface area contributed by atoms with Crippen LogP contribution >= 0.6 is 0 Å². The molecule has 2 aromatic heterocycles. The van der Waals surface area contributed by atoms with E-state index < -0.39 is 0 Å². The van der Waals surface area contributed by atoms with Gasteiger partial charge in [0.1, 0.15) is 5.65 Å². The smallest absolute Gasteiger partial charge is 0.137 e. The lowest BCUT2D eigenvalue weighted by Gasteiger charge is -2.23. The Morgan fingerprint density at radius 3 is 3.33 bits per heavy atom. The summed E-state index contributed by atoms with van der Waals surface area (Å²) in [5.74, 6) is 0. The Hall–Kier alpha value is -1.39. The standard InChI is InChI=1S/C11H13N3O/c1-2-13-11-8(1)5-9(6-14-11)10-7-15-4-3-12-10/h1-2,5-6,10,12H,3-4,7H2,(H,13,14)/t10-/m0/s1. The summed E-state index contributed by atoms with van der Waals surface area (Å²) in [6, 6.07) is 4.48. The molecule has 0 spiro atoms. The molecule has 0 unspecified atom stereocenters. The number of ether oxygens (including phenoxy) is 1. The van der Waals surface area contributed by atoms with Gasteiger partial charge in [0, 0.05) is 24.3 Å². The molecule has 1 aliphatic heterocycles. The molecule has 1 saturated heterocycles. The molecule has 0 radical (unpaired) electrons. The Labute approximate surface area is 87.7 Å². The highest BCUT2D eigenvalue weighted by Crippen LogP contribution is 2.19. The first kappa shape index (κ1) is 8.88. The van der Waals surface area contributed by atoms with Crippen LogP contribution in [0.25, 0.3) is 11.0 Å². The molecule has 0 bridgehead atoms. The number of nitrogens with one attached hydrogen (secondary N) is 2. The van der Waals surface area contributed by atoms with Gasteiger partial charge in [0.15, 0.2) is 0 Å². The molecule has 4 nitrogen and oxygen atoms in total. The average Bonchev–Trinajstić information content (AvgIpc) is 2.77. The second-order valence-electron chi connectivity index (χ2n) is 3.77. The third kappa shape index (κ3) is 1.62. The Balaban J connectivity index is 1.95. The van der Waals surface area contributed by atoms with Crippen LogP contribution in [0.2, 0.25) is 0 Å². The van der Waals surface area contributed by atoms with E-state index in [2.05, 4.69) is 21.4 Å². The summed E-state index contributed by atoms with van der Waals surface area (Å²) in [7, 11) is 0. The van der Waals surface area contributed by atoms with Gasteiger partial charge in [-0.2, -0.15) is 0 Å². The van der Waals surface area contributed by atoms with Gasteiger partial charge in [-0.15, -0.1) is 0 Å². The van der Waals surface area contributed by atoms with E-state index in [1.165, 1.54) is 5.56 Å². The molecule has 1 aliphatic rings. The van der Waals surface area contributed by atoms with Crippen LogP contribution in [-0.4, -0.2) is 29.7 Å². The van der Waals surface area contributed by atoms with Gasteiger partial charge in [-0.25, -0.2) is 4.98 Å². The zero-order chi connectivity index (χ0) is 10.1. The first-order chi connectivity index (χ1) is 7.43. The maximum absolute atomic E-state index is 5.43. The highest BCUT2D eigenvalue weighted by molar-refractivity contribution is 5.75. The molecule has 3 heterocycles. The number of rotatable bonds is 1. The first-order valence-electron chi connectivity index (χ1n) is 5.18. The Morgan fingerprint density at radius 2 is 2.47 bits per heavy atom. The van der Waals surface area contributed by atoms with E-state index in [4.69, 9.17) is 4.74 Å². The van der Waals surface area contributed by atoms with Crippen molar-refractivity contribution in [1.82, 2.24) is 15.3 Å². The van der Waals surface area contributed by atoms with E-state index in [1.54, 1.807) is 0 Å². The molecule has 4 heteroatoms. The Bertz CT molecular complexity index is 460. The Kier molecular flexibility index (Phi) is 2.16. The molecular formula is C11H13N3O. The summed E-state index contributed by atoms with van der Waals surface area (Å²) in [4.78, 5) is 7.45. The minimum Gasteiger partial charge on any atom is -0.378 e. The molecule has 1 fully saturated rings. The van der Waals surface area contributed by atoms with Crippen LogP contribution in [0.3, 0.4) is 0 Å². The summed E-state index contributed by atoms with van der Waals surface area (Å²) in [5.41, 5.74) is 2.14. The van der Waals surface area contributed by atoms with E-state index in [0.717, 1.165) is 30.8 Å². The van der Waals surface area contributed by atoms with Crippen molar-refractivity contribution < 1.29 is 4.74 Å². The number of morpholine rings is 1. The number of nitrogens with zero attached hydrogens (tertiary/aromatic N) is 1. The number of pyridine rings is 1. The van der Waals surface area contributed by atoms with Gasteiger partial charge >= 0.3 is 0 Å². The van der Waals surface area contributed by atoms with E-state index in [1.807, 2.05) is 18.5 Å². The van der Waals surface area contributed by atoms with Crippen molar-refractivity contribution in [2.24, 2.45) is 0 Å². The average molecular weight is 203 g/mol. The topological polar surface area (TPSA) is 49.9 Å². The predicted octanol–water partition coefficient (Wildman–Crippen LogP) is 1.22. The third-order valence-electron chi connectivity index (χ3n) is 2.75. The molecule has 15 heavy (non-hydrogen) atoms. The van der Waals surface area contributed by atoms with Gasteiger partial charge in [-0.1, -0.05) is 0 Å². The fraction of sp³-hybridized carbons (Fsp3) is 0.364. The minimum absolute atomic E-state index is 0.283. The molecule has 0 aromatic carbocycles. The van der Waals surface area contributed by atoms with Crippen LogP contribution < -0.4 is 5.32 Å². The molecule has 3 rings (SSSR count). The van der Waals surface area contributed by atoms with Crippen molar-refractivity contribution >= 4 is 11.0 Å². The van der Waals surface area contributed by atoms with Crippen LogP contribution in [0.5, 0.6) is 0 Å². The lowest BCUT2D eigenvalue weighted by molar-refractivity contribution is 0.0768. The van der Waals surface area contributed by atoms with Crippen molar-refractivity contribution in [3.05, 3.63) is 30.1 Å². The monoisotopic (exact) mass is 203 g/mol. The zero-order valence-corrected chi connectivity index (χ0v) is 8.36. The van der Waals surface area contributed by atoms with E-state index in [-0.39, 0.29) is 6.04 Å². The summed E-state index contributed by atoms with van der Waals surface area (Å²) < 4.78 is 5.43. The van der Waals surface area contributed by atoms with Crippen LogP contribution in [0.15, 0.2) is 24.5 Å². The quantitative estimate of drug-likeness (QED) is 0.732. The highest BCUT2D eigenvalue weighted by Gasteiger charge is 2.15. The number of aromatic amines is 1. The van der Waals surface area contributed by atoms with Gasteiger partial charge < -0.3 is 15.0 Å². The van der Waals surface area contributed by atoms with Crippen LogP contribution in [0.4, 0.5) is 0 Å². The molecule has 2 N–H and O–H groups in total. The fourth-order valence-corrected chi connectivity index (χ4v) is 1.93. The maximum Gasteiger partial charge on any atom is 0.137 e. The molecule has 78 valence electrons. The Morgan fingerprint density at radius 1 is 1.47 bits per heavy atom. The van der Waals surface area contributed by atoms with Gasteiger partial charge in [-0.3, -0.25) is 0 Å². The summed E-state index contributed by atoms with van der Waals surface area (Å²) >= 11 is 0. The summed E-state index contributed by atoms with van der Waals surface area (Å²) in [6.07, 6.45) is 3.82. The predicted molar refractivity (Wildman–Crippen MR) is 57.7 cm³/mol. The van der Waals surface area contributed by atoms with Crippen molar-refractivity contribution in [1.29, 1.82) is 0 Å². The van der Waals surface area contributed by atoms with E-state index in [0.29, 0.717) is 0 Å². The second-order valence-corrected chi connectivity index (χ2v) is 3.77. The molecular weight excluding hydrogens is 190 g/mol. The second kappa shape index (κ2) is 3.64. The largest absolute Gasteiger partial charge is 0.378 e. The molecule has 0 amide bonds.